The van der Waals surface area contributed by atoms with Crippen LogP contribution in [0.4, 0.5) is 4.39 Å². The maximum Gasteiger partial charge on any atom is 0.272 e. The molecule has 0 bridgehead atoms. The Balaban J connectivity index is 2.68. The number of benzene rings is 1. The molecule has 1 aromatic carbocycles. The fourth-order valence-electron chi connectivity index (χ4n) is 1.83. The number of nitrogens with zero attached hydrogens (tertiary/aromatic N) is 1. The number of H-pyrrole nitrogens is 1. The first-order valence-electron chi connectivity index (χ1n) is 4.69. The molecule has 4 nitrogen and oxygen atoms in total. The summed E-state index contributed by atoms with van der Waals surface area (Å²) in [5, 5.41) is 9.52. The molecule has 2 N–H and O–H groups in total. The Morgan fingerprint density at radius 3 is 2.88 bits per heavy atom. The third kappa shape index (κ3) is 0.995. The van der Waals surface area contributed by atoms with Crippen LogP contribution in [-0.2, 0) is 0 Å². The summed E-state index contributed by atoms with van der Waals surface area (Å²) in [6, 6.07) is 6.03. The lowest BCUT2D eigenvalue weighted by Gasteiger charge is -2.04. The van der Waals surface area contributed by atoms with E-state index < -0.39 is 11.6 Å². The van der Waals surface area contributed by atoms with Gasteiger partial charge in [0.25, 0.3) is 5.56 Å². The largest absolute Gasteiger partial charge is 0.503 e. The maximum atomic E-state index is 13.1. The summed E-state index contributed by atoms with van der Waals surface area (Å²) in [5.41, 5.74) is 0.754. The van der Waals surface area contributed by atoms with E-state index in [4.69, 9.17) is 0 Å². The highest BCUT2D eigenvalue weighted by atomic mass is 19.1. The second kappa shape index (κ2) is 2.85. The molecule has 0 spiro atoms. The van der Waals surface area contributed by atoms with E-state index in [1.807, 2.05) is 0 Å². The Labute approximate surface area is 88.6 Å². The van der Waals surface area contributed by atoms with E-state index in [9.17, 15) is 14.3 Å². The molecule has 0 aliphatic carbocycles. The molecule has 16 heavy (non-hydrogen) atoms. The van der Waals surface area contributed by atoms with Crippen molar-refractivity contribution in [3.8, 4) is 5.75 Å². The van der Waals surface area contributed by atoms with Crippen LogP contribution in [-0.4, -0.2) is 14.5 Å². The van der Waals surface area contributed by atoms with Crippen molar-refractivity contribution in [1.29, 1.82) is 0 Å². The minimum atomic E-state index is -0.755. The lowest BCUT2D eigenvalue weighted by molar-refractivity contribution is 0.437. The fourth-order valence-corrected chi connectivity index (χ4v) is 1.83. The number of nitrogens with one attached hydrogen (secondary N) is 1. The Morgan fingerprint density at radius 2 is 2.06 bits per heavy atom. The van der Waals surface area contributed by atoms with Crippen LogP contribution < -0.4 is 5.56 Å². The highest BCUT2D eigenvalue weighted by Crippen LogP contribution is 2.25. The van der Waals surface area contributed by atoms with E-state index in [0.29, 0.717) is 11.0 Å². The number of aromatic nitrogens is 2. The van der Waals surface area contributed by atoms with Gasteiger partial charge in [0.2, 0.25) is 0 Å². The number of halogens is 1. The van der Waals surface area contributed by atoms with Crippen molar-refractivity contribution in [3.05, 3.63) is 46.6 Å². The molecule has 2 heterocycles. The smallest absolute Gasteiger partial charge is 0.272 e. The lowest BCUT2D eigenvalue weighted by atomic mass is 10.2. The summed E-state index contributed by atoms with van der Waals surface area (Å²) in [6.07, 6.45) is 1.68. The molecule has 5 heteroatoms. The second-order valence-corrected chi connectivity index (χ2v) is 3.51. The van der Waals surface area contributed by atoms with Crippen molar-refractivity contribution in [1.82, 2.24) is 9.38 Å². The molecule has 80 valence electrons. The van der Waals surface area contributed by atoms with Gasteiger partial charge in [-0.1, -0.05) is 0 Å². The van der Waals surface area contributed by atoms with Crippen LogP contribution >= 0.6 is 0 Å². The Morgan fingerprint density at radius 1 is 1.25 bits per heavy atom. The summed E-state index contributed by atoms with van der Waals surface area (Å²) in [5.74, 6) is -1.29. The van der Waals surface area contributed by atoms with Gasteiger partial charge in [-0.2, -0.15) is 0 Å². The highest BCUT2D eigenvalue weighted by molar-refractivity contribution is 5.83. The zero-order valence-corrected chi connectivity index (χ0v) is 8.07. The summed E-state index contributed by atoms with van der Waals surface area (Å²) in [6.45, 7) is 0. The minimum Gasteiger partial charge on any atom is -0.503 e. The molecule has 3 aromatic rings. The zero-order valence-electron chi connectivity index (χ0n) is 8.07. The molecule has 0 saturated heterocycles. The number of phenolic OH excluding ortho intramolecular Hbond substituents is 1. The van der Waals surface area contributed by atoms with Crippen LogP contribution in [0.15, 0.2) is 35.3 Å². The minimum absolute atomic E-state index is 0.105. The van der Waals surface area contributed by atoms with Crippen LogP contribution in [0.5, 0.6) is 5.75 Å². The molecule has 0 aliphatic rings. The summed E-state index contributed by atoms with van der Waals surface area (Å²) >= 11 is 0. The molecule has 0 atom stereocenters. The van der Waals surface area contributed by atoms with E-state index in [0.717, 1.165) is 6.07 Å². The number of hydrogen-bond acceptors (Lipinski definition) is 2. The Kier molecular flexibility index (Phi) is 1.60. The van der Waals surface area contributed by atoms with E-state index in [-0.39, 0.29) is 11.1 Å². The summed E-state index contributed by atoms with van der Waals surface area (Å²) < 4.78 is 14.7. The van der Waals surface area contributed by atoms with Gasteiger partial charge in [0.1, 0.15) is 11.0 Å². The molecular weight excluding hydrogens is 211 g/mol. The quantitative estimate of drug-likeness (QED) is 0.602. The van der Waals surface area contributed by atoms with Crippen molar-refractivity contribution < 1.29 is 9.50 Å². The monoisotopic (exact) mass is 218 g/mol. The van der Waals surface area contributed by atoms with Crippen molar-refractivity contribution >= 4 is 16.6 Å². The number of hydrogen-bond donors (Lipinski definition) is 2. The number of rotatable bonds is 0. The molecular formula is C11H7FN2O2. The third-order valence-corrected chi connectivity index (χ3v) is 2.59. The third-order valence-electron chi connectivity index (χ3n) is 2.59. The first-order chi connectivity index (χ1) is 7.68. The molecule has 0 fully saturated rings. The van der Waals surface area contributed by atoms with Crippen molar-refractivity contribution in [2.45, 2.75) is 0 Å². The molecule has 0 saturated carbocycles. The van der Waals surface area contributed by atoms with Crippen LogP contribution in [0.2, 0.25) is 0 Å². The predicted octanol–water partition coefficient (Wildman–Crippen LogP) is 1.63. The first-order valence-corrected chi connectivity index (χ1v) is 4.69. The average Bonchev–Trinajstić information content (AvgIpc) is 2.74. The second-order valence-electron chi connectivity index (χ2n) is 3.51. The standard InChI is InChI=1S/C11H7FN2O2/c12-6-3-4-7-9(10(6)15)13-11(16)8-2-1-5-14(7)8/h1-5,15H,(H,13,16). The van der Waals surface area contributed by atoms with Crippen LogP contribution in [0, 0.1) is 5.82 Å². The van der Waals surface area contributed by atoms with Gasteiger partial charge in [0.05, 0.1) is 5.52 Å². The van der Waals surface area contributed by atoms with Crippen molar-refractivity contribution in [3.63, 3.8) is 0 Å². The van der Waals surface area contributed by atoms with Crippen LogP contribution in [0.3, 0.4) is 0 Å². The maximum absolute atomic E-state index is 13.1. The van der Waals surface area contributed by atoms with Gasteiger partial charge in [-0.3, -0.25) is 4.79 Å². The summed E-state index contributed by atoms with van der Waals surface area (Å²) in [4.78, 5) is 14.1. The molecule has 0 aliphatic heterocycles. The van der Waals surface area contributed by atoms with Crippen molar-refractivity contribution in [2.75, 3.05) is 0 Å². The van der Waals surface area contributed by atoms with E-state index >= 15 is 0 Å². The van der Waals surface area contributed by atoms with E-state index in [1.54, 1.807) is 22.7 Å². The molecule has 2 aromatic heterocycles. The van der Waals surface area contributed by atoms with Gasteiger partial charge in [0, 0.05) is 6.20 Å². The highest BCUT2D eigenvalue weighted by Gasteiger charge is 2.10. The summed E-state index contributed by atoms with van der Waals surface area (Å²) in [7, 11) is 0. The lowest BCUT2D eigenvalue weighted by Crippen LogP contribution is -2.09. The van der Waals surface area contributed by atoms with Crippen LogP contribution in [0.25, 0.3) is 16.6 Å². The molecule has 0 unspecified atom stereocenters. The number of aromatic amines is 1. The van der Waals surface area contributed by atoms with Gasteiger partial charge in [0.15, 0.2) is 11.6 Å². The Bertz CT molecular complexity index is 758. The predicted molar refractivity (Wildman–Crippen MR) is 57.1 cm³/mol. The van der Waals surface area contributed by atoms with E-state index in [1.165, 1.54) is 6.07 Å². The Hall–Kier alpha value is -2.30. The van der Waals surface area contributed by atoms with Gasteiger partial charge in [-0.05, 0) is 24.3 Å². The average molecular weight is 218 g/mol. The van der Waals surface area contributed by atoms with Crippen LogP contribution in [0.1, 0.15) is 0 Å². The van der Waals surface area contributed by atoms with Gasteiger partial charge >= 0.3 is 0 Å². The topological polar surface area (TPSA) is 57.5 Å². The zero-order chi connectivity index (χ0) is 11.3. The normalized spacial score (nSPS) is 11.3. The number of aromatic hydroxyl groups is 1. The molecule has 0 radical (unpaired) electrons. The van der Waals surface area contributed by atoms with E-state index in [2.05, 4.69) is 4.98 Å². The molecule has 3 rings (SSSR count). The first kappa shape index (κ1) is 8.96. The molecule has 0 amide bonds. The van der Waals surface area contributed by atoms with Gasteiger partial charge in [-0.15, -0.1) is 0 Å². The number of phenols is 1. The number of fused-ring (bicyclic) bond motifs is 3. The van der Waals surface area contributed by atoms with Gasteiger partial charge < -0.3 is 14.5 Å². The SMILES string of the molecule is O=c1[nH]c2c(O)c(F)ccc2n2cccc12. The fraction of sp³-hybridized carbons (Fsp3) is 0. The van der Waals surface area contributed by atoms with Gasteiger partial charge in [-0.25, -0.2) is 4.39 Å². The van der Waals surface area contributed by atoms with Crippen molar-refractivity contribution in [2.24, 2.45) is 0 Å².